The van der Waals surface area contributed by atoms with E-state index in [2.05, 4.69) is 6.92 Å². The molecule has 0 saturated heterocycles. The van der Waals surface area contributed by atoms with Crippen LogP contribution in [-0.2, 0) is 0 Å². The largest absolute Gasteiger partial charge is 0.455 e. The smallest absolute Gasteiger partial charge is 0.427 e. The number of hydrogen-bond acceptors (Lipinski definition) is 2. The summed E-state index contributed by atoms with van der Waals surface area (Å²) in [6.45, 7) is 2.19. The van der Waals surface area contributed by atoms with Gasteiger partial charge in [-0.2, -0.15) is 0 Å². The zero-order valence-corrected chi connectivity index (χ0v) is 7.16. The molecule has 0 heterocycles. The van der Waals surface area contributed by atoms with Gasteiger partial charge in [-0.3, -0.25) is 0 Å². The van der Waals surface area contributed by atoms with Gasteiger partial charge in [0.1, 0.15) is 0 Å². The summed E-state index contributed by atoms with van der Waals surface area (Å²) in [6, 6.07) is 0. The molecule has 1 saturated carbocycles. The van der Waals surface area contributed by atoms with E-state index in [0.29, 0.717) is 5.92 Å². The maximum Gasteiger partial charge on any atom is 0.455 e. The fraction of sp³-hybridized carbons (Fsp3) is 1.00. The zero-order valence-electron chi connectivity index (χ0n) is 7.16. The zero-order chi connectivity index (χ0) is 8.27. The van der Waals surface area contributed by atoms with Crippen LogP contribution in [-0.4, -0.2) is 17.2 Å². The second kappa shape index (κ2) is 4.12. The molecule has 0 radical (unpaired) electrons. The van der Waals surface area contributed by atoms with Crippen molar-refractivity contribution < 1.29 is 10.0 Å². The lowest BCUT2D eigenvalue weighted by atomic mass is 9.81. The summed E-state index contributed by atoms with van der Waals surface area (Å²) >= 11 is 0. The second-order valence-corrected chi connectivity index (χ2v) is 3.57. The van der Waals surface area contributed by atoms with E-state index in [-0.39, 0.29) is 5.82 Å². The van der Waals surface area contributed by atoms with Crippen molar-refractivity contribution in [3.8, 4) is 0 Å². The molecule has 2 atom stereocenters. The molecule has 0 amide bonds. The van der Waals surface area contributed by atoms with Crippen LogP contribution in [0.2, 0.25) is 5.82 Å². The van der Waals surface area contributed by atoms with Gasteiger partial charge in [0, 0.05) is 0 Å². The first-order valence-corrected chi connectivity index (χ1v) is 4.61. The highest BCUT2D eigenvalue weighted by Crippen LogP contribution is 2.48. The van der Waals surface area contributed by atoms with Crippen LogP contribution in [0.3, 0.4) is 0 Å². The minimum absolute atomic E-state index is 0.201. The molecule has 1 fully saturated rings. The Kier molecular flexibility index (Phi) is 3.40. The molecule has 2 N–H and O–H groups in total. The third kappa shape index (κ3) is 2.84. The summed E-state index contributed by atoms with van der Waals surface area (Å²) in [4.78, 5) is 0. The number of hydrogen-bond donors (Lipinski definition) is 2. The second-order valence-electron chi connectivity index (χ2n) is 3.57. The van der Waals surface area contributed by atoms with Gasteiger partial charge in [0.15, 0.2) is 0 Å². The lowest BCUT2D eigenvalue weighted by Crippen LogP contribution is -2.11. The van der Waals surface area contributed by atoms with E-state index in [4.69, 9.17) is 10.0 Å². The lowest BCUT2D eigenvalue weighted by molar-refractivity contribution is 0.398. The Morgan fingerprint density at radius 2 is 2.09 bits per heavy atom. The molecule has 11 heavy (non-hydrogen) atoms. The van der Waals surface area contributed by atoms with Gasteiger partial charge in [-0.1, -0.05) is 32.6 Å². The molecule has 1 aliphatic rings. The topological polar surface area (TPSA) is 40.5 Å². The standard InChI is InChI=1S/C8H17BO2/c1-2-3-4-5-7-6-8(7)9(10)11/h7-8,10-11H,2-6H2,1H3/t7-,8-/m0/s1. The van der Waals surface area contributed by atoms with Crippen molar-refractivity contribution in [2.24, 2.45) is 5.92 Å². The lowest BCUT2D eigenvalue weighted by Gasteiger charge is -1.97. The highest BCUT2D eigenvalue weighted by atomic mass is 16.4. The molecule has 0 aromatic heterocycles. The molecule has 1 aliphatic carbocycles. The predicted octanol–water partition coefficient (Wildman–Crippen LogP) is 1.43. The molecule has 0 unspecified atom stereocenters. The van der Waals surface area contributed by atoms with Gasteiger partial charge < -0.3 is 10.0 Å². The molecule has 0 aromatic rings. The van der Waals surface area contributed by atoms with Crippen LogP contribution in [0.5, 0.6) is 0 Å². The van der Waals surface area contributed by atoms with Crippen molar-refractivity contribution >= 4 is 7.12 Å². The van der Waals surface area contributed by atoms with Crippen molar-refractivity contribution in [1.29, 1.82) is 0 Å². The van der Waals surface area contributed by atoms with Crippen LogP contribution in [0.4, 0.5) is 0 Å². The first kappa shape index (κ1) is 9.08. The van der Waals surface area contributed by atoms with Gasteiger partial charge in [0.25, 0.3) is 0 Å². The normalized spacial score (nSPS) is 28.6. The Morgan fingerprint density at radius 1 is 1.36 bits per heavy atom. The van der Waals surface area contributed by atoms with E-state index in [0.717, 1.165) is 6.42 Å². The summed E-state index contributed by atoms with van der Waals surface area (Å²) in [5, 5.41) is 17.5. The fourth-order valence-corrected chi connectivity index (χ4v) is 1.62. The first-order chi connectivity index (χ1) is 5.25. The van der Waals surface area contributed by atoms with E-state index >= 15 is 0 Å². The maximum absolute atomic E-state index is 8.77. The van der Waals surface area contributed by atoms with Crippen LogP contribution in [0.1, 0.15) is 39.0 Å². The van der Waals surface area contributed by atoms with Crippen LogP contribution in [0, 0.1) is 5.92 Å². The van der Waals surface area contributed by atoms with Gasteiger partial charge in [-0.15, -0.1) is 0 Å². The summed E-state index contributed by atoms with van der Waals surface area (Å²) in [7, 11) is -1.05. The molecule has 0 aliphatic heterocycles. The Morgan fingerprint density at radius 3 is 2.55 bits per heavy atom. The van der Waals surface area contributed by atoms with E-state index in [1.54, 1.807) is 0 Å². The first-order valence-electron chi connectivity index (χ1n) is 4.61. The quantitative estimate of drug-likeness (QED) is 0.466. The molecule has 0 aromatic carbocycles. The predicted molar refractivity (Wildman–Crippen MR) is 46.2 cm³/mol. The van der Waals surface area contributed by atoms with Crippen molar-refractivity contribution in [2.75, 3.05) is 0 Å². The third-order valence-corrected chi connectivity index (χ3v) is 2.54. The average Bonchev–Trinajstić information content (AvgIpc) is 2.68. The van der Waals surface area contributed by atoms with Crippen molar-refractivity contribution in [2.45, 2.75) is 44.8 Å². The van der Waals surface area contributed by atoms with Crippen molar-refractivity contribution in [3.05, 3.63) is 0 Å². The van der Waals surface area contributed by atoms with Gasteiger partial charge >= 0.3 is 7.12 Å². The Bertz CT molecular complexity index is 117. The highest BCUT2D eigenvalue weighted by Gasteiger charge is 2.44. The Labute approximate surface area is 68.8 Å². The molecular formula is C8H17BO2. The summed E-state index contributed by atoms with van der Waals surface area (Å²) in [5.74, 6) is 0.813. The summed E-state index contributed by atoms with van der Waals surface area (Å²) < 4.78 is 0. The maximum atomic E-state index is 8.77. The minimum atomic E-state index is -1.05. The van der Waals surface area contributed by atoms with E-state index in [9.17, 15) is 0 Å². The minimum Gasteiger partial charge on any atom is -0.427 e. The van der Waals surface area contributed by atoms with Crippen molar-refractivity contribution in [1.82, 2.24) is 0 Å². The van der Waals surface area contributed by atoms with E-state index in [1.807, 2.05) is 0 Å². The molecule has 64 valence electrons. The average molecular weight is 156 g/mol. The van der Waals surface area contributed by atoms with E-state index in [1.165, 1.54) is 25.7 Å². The van der Waals surface area contributed by atoms with Gasteiger partial charge in [-0.25, -0.2) is 0 Å². The fourth-order valence-electron chi connectivity index (χ4n) is 1.62. The SMILES string of the molecule is CCCCC[C@H]1C[C@@H]1B(O)O. The highest BCUT2D eigenvalue weighted by molar-refractivity contribution is 6.44. The van der Waals surface area contributed by atoms with E-state index < -0.39 is 7.12 Å². The third-order valence-electron chi connectivity index (χ3n) is 2.54. The number of rotatable bonds is 5. The molecular weight excluding hydrogens is 139 g/mol. The Balaban J connectivity index is 1.96. The van der Waals surface area contributed by atoms with Crippen LogP contribution in [0.15, 0.2) is 0 Å². The molecule has 3 heteroatoms. The van der Waals surface area contributed by atoms with Crippen LogP contribution in [0.25, 0.3) is 0 Å². The Hall–Kier alpha value is -0.0151. The van der Waals surface area contributed by atoms with Crippen molar-refractivity contribution in [3.63, 3.8) is 0 Å². The van der Waals surface area contributed by atoms with Gasteiger partial charge in [-0.05, 0) is 18.2 Å². The summed E-state index contributed by atoms with van der Waals surface area (Å²) in [5.41, 5.74) is 0. The molecule has 0 bridgehead atoms. The molecule has 2 nitrogen and oxygen atoms in total. The van der Waals surface area contributed by atoms with Crippen LogP contribution >= 0.6 is 0 Å². The molecule has 1 rings (SSSR count). The number of unbranched alkanes of at least 4 members (excludes halogenated alkanes) is 2. The van der Waals surface area contributed by atoms with Gasteiger partial charge in [0.2, 0.25) is 0 Å². The molecule has 0 spiro atoms. The van der Waals surface area contributed by atoms with Crippen LogP contribution < -0.4 is 0 Å². The van der Waals surface area contributed by atoms with Gasteiger partial charge in [0.05, 0.1) is 0 Å². The monoisotopic (exact) mass is 156 g/mol. The summed E-state index contributed by atoms with van der Waals surface area (Å²) in [6.07, 6.45) is 6.01.